The predicted molar refractivity (Wildman–Crippen MR) is 118 cm³/mol. The zero-order chi connectivity index (χ0) is 21.8. The zero-order valence-electron chi connectivity index (χ0n) is 17.4. The Kier molecular flexibility index (Phi) is 6.53. The van der Waals surface area contributed by atoms with Crippen LogP contribution in [0.1, 0.15) is 10.8 Å². The van der Waals surface area contributed by atoms with E-state index in [1.165, 1.54) is 23.9 Å². The van der Waals surface area contributed by atoms with Gasteiger partial charge in [0.25, 0.3) is 0 Å². The van der Waals surface area contributed by atoms with Crippen molar-refractivity contribution in [3.8, 4) is 5.69 Å². The molecule has 0 bridgehead atoms. The van der Waals surface area contributed by atoms with Gasteiger partial charge in [0.15, 0.2) is 5.16 Å². The molecular formula is C22H24FN5O2S. The van der Waals surface area contributed by atoms with E-state index in [0.29, 0.717) is 43.1 Å². The predicted octanol–water partition coefficient (Wildman–Crippen LogP) is 3.16. The molecule has 2 aromatic carbocycles. The molecule has 1 aliphatic heterocycles. The van der Waals surface area contributed by atoms with Crippen molar-refractivity contribution in [3.05, 3.63) is 66.0 Å². The lowest BCUT2D eigenvalue weighted by Gasteiger charge is -2.28. The van der Waals surface area contributed by atoms with Crippen LogP contribution in [0, 0.1) is 5.82 Å². The maximum Gasteiger partial charge on any atom is 0.240 e. The monoisotopic (exact) mass is 441 g/mol. The molecule has 1 saturated heterocycles. The summed E-state index contributed by atoms with van der Waals surface area (Å²) in [5, 5.41) is 8.83. The van der Waals surface area contributed by atoms with E-state index < -0.39 is 5.25 Å². The number of amides is 1. The van der Waals surface area contributed by atoms with Crippen molar-refractivity contribution in [2.24, 2.45) is 0 Å². The van der Waals surface area contributed by atoms with Gasteiger partial charge < -0.3 is 14.5 Å². The second kappa shape index (κ2) is 9.49. The van der Waals surface area contributed by atoms with Crippen molar-refractivity contribution >= 4 is 23.6 Å². The molecular weight excluding hydrogens is 417 g/mol. The number of benzene rings is 2. The number of rotatable bonds is 6. The van der Waals surface area contributed by atoms with Crippen molar-refractivity contribution in [1.82, 2.24) is 19.7 Å². The van der Waals surface area contributed by atoms with Crippen LogP contribution in [-0.2, 0) is 9.53 Å². The fourth-order valence-corrected chi connectivity index (χ4v) is 4.57. The molecule has 0 radical (unpaired) electrons. The van der Waals surface area contributed by atoms with Crippen LogP contribution in [0.3, 0.4) is 0 Å². The standard InChI is InChI=1S/C22H24FN5O2S/c1-26(2)20(29)19(16-7-4-3-5-8-16)31-22-25-24-21(27-11-13-30-14-12-27)28(22)18-10-6-9-17(23)15-18/h3-10,15,19H,11-14H2,1-2H3/t19-/m0/s1. The van der Waals surface area contributed by atoms with Crippen LogP contribution in [0.5, 0.6) is 0 Å². The molecule has 4 rings (SSSR count). The minimum atomic E-state index is -0.509. The highest BCUT2D eigenvalue weighted by molar-refractivity contribution is 8.00. The second-order valence-corrected chi connectivity index (χ2v) is 8.41. The summed E-state index contributed by atoms with van der Waals surface area (Å²) in [5.74, 6) is 0.206. The number of morpholine rings is 1. The molecule has 0 aliphatic carbocycles. The Morgan fingerprint density at radius 1 is 1.10 bits per heavy atom. The summed E-state index contributed by atoms with van der Waals surface area (Å²) in [5.41, 5.74) is 1.48. The molecule has 1 aromatic heterocycles. The summed E-state index contributed by atoms with van der Waals surface area (Å²) >= 11 is 1.31. The van der Waals surface area contributed by atoms with Crippen LogP contribution in [0.4, 0.5) is 10.3 Å². The largest absolute Gasteiger partial charge is 0.378 e. The molecule has 2 heterocycles. The lowest BCUT2D eigenvalue weighted by Crippen LogP contribution is -2.38. The number of likely N-dealkylation sites (N-methyl/N-ethyl adjacent to an activating group) is 1. The Bertz CT molecular complexity index is 1040. The Morgan fingerprint density at radius 3 is 2.52 bits per heavy atom. The van der Waals surface area contributed by atoms with Crippen LogP contribution in [0.25, 0.3) is 5.69 Å². The van der Waals surface area contributed by atoms with Gasteiger partial charge >= 0.3 is 0 Å². The number of carbonyl (C=O) groups is 1. The maximum atomic E-state index is 14.1. The van der Waals surface area contributed by atoms with Gasteiger partial charge in [-0.05, 0) is 23.8 Å². The molecule has 0 N–H and O–H groups in total. The summed E-state index contributed by atoms with van der Waals surface area (Å²) in [7, 11) is 3.46. The van der Waals surface area contributed by atoms with Gasteiger partial charge in [-0.1, -0.05) is 48.2 Å². The third-order valence-corrected chi connectivity index (χ3v) is 6.15. The summed E-state index contributed by atoms with van der Waals surface area (Å²) in [6, 6.07) is 15.9. The van der Waals surface area contributed by atoms with Crippen molar-refractivity contribution in [2.45, 2.75) is 10.4 Å². The molecule has 1 amide bonds. The van der Waals surface area contributed by atoms with Gasteiger partial charge in [0.05, 0.1) is 18.9 Å². The molecule has 7 nitrogen and oxygen atoms in total. The molecule has 3 aromatic rings. The van der Waals surface area contributed by atoms with Crippen molar-refractivity contribution in [3.63, 3.8) is 0 Å². The molecule has 31 heavy (non-hydrogen) atoms. The Labute approximate surface area is 184 Å². The minimum Gasteiger partial charge on any atom is -0.378 e. The maximum absolute atomic E-state index is 14.1. The smallest absolute Gasteiger partial charge is 0.240 e. The van der Waals surface area contributed by atoms with Crippen molar-refractivity contribution in [1.29, 1.82) is 0 Å². The first-order chi connectivity index (χ1) is 15.0. The number of anilines is 1. The fraction of sp³-hybridized carbons (Fsp3) is 0.318. The summed E-state index contributed by atoms with van der Waals surface area (Å²) in [4.78, 5) is 16.7. The number of halogens is 1. The SMILES string of the molecule is CN(C)C(=O)[C@@H](Sc1nnc(N2CCOCC2)n1-c1cccc(F)c1)c1ccccc1. The first-order valence-electron chi connectivity index (χ1n) is 10.0. The third-order valence-electron chi connectivity index (χ3n) is 4.97. The number of hydrogen-bond donors (Lipinski definition) is 0. The topological polar surface area (TPSA) is 63.5 Å². The van der Waals surface area contributed by atoms with Crippen LogP contribution in [-0.4, -0.2) is 66.0 Å². The number of hydrogen-bond acceptors (Lipinski definition) is 6. The van der Waals surface area contributed by atoms with E-state index >= 15 is 0 Å². The highest BCUT2D eigenvalue weighted by Gasteiger charge is 2.29. The van der Waals surface area contributed by atoms with Gasteiger partial charge in [-0.15, -0.1) is 10.2 Å². The molecule has 162 valence electrons. The van der Waals surface area contributed by atoms with Crippen LogP contribution < -0.4 is 4.90 Å². The molecule has 1 atom stereocenters. The fourth-order valence-electron chi connectivity index (χ4n) is 3.38. The average Bonchev–Trinajstić information content (AvgIpc) is 3.22. The van der Waals surface area contributed by atoms with Gasteiger partial charge in [0.2, 0.25) is 11.9 Å². The second-order valence-electron chi connectivity index (χ2n) is 7.34. The number of ether oxygens (including phenoxy) is 1. The summed E-state index contributed by atoms with van der Waals surface area (Å²) in [6.07, 6.45) is 0. The van der Waals surface area contributed by atoms with Crippen LogP contribution >= 0.6 is 11.8 Å². The molecule has 0 unspecified atom stereocenters. The Balaban J connectivity index is 1.78. The van der Waals surface area contributed by atoms with Gasteiger partial charge in [-0.3, -0.25) is 9.36 Å². The van der Waals surface area contributed by atoms with E-state index in [-0.39, 0.29) is 11.7 Å². The quantitative estimate of drug-likeness (QED) is 0.548. The Hall–Kier alpha value is -2.91. The molecule has 0 spiro atoms. The van der Waals surface area contributed by atoms with Crippen molar-refractivity contribution < 1.29 is 13.9 Å². The van der Waals surface area contributed by atoms with E-state index in [1.807, 2.05) is 41.0 Å². The minimum absolute atomic E-state index is 0.0575. The normalized spacial score (nSPS) is 15.0. The van der Waals surface area contributed by atoms with Crippen molar-refractivity contribution in [2.75, 3.05) is 45.3 Å². The number of carbonyl (C=O) groups excluding carboxylic acids is 1. The van der Waals surface area contributed by atoms with Gasteiger partial charge in [0, 0.05) is 27.2 Å². The summed E-state index contributed by atoms with van der Waals surface area (Å²) < 4.78 is 21.3. The van der Waals surface area contributed by atoms with Gasteiger partial charge in [0.1, 0.15) is 11.1 Å². The third kappa shape index (κ3) is 4.72. The van der Waals surface area contributed by atoms with Crippen LogP contribution in [0.15, 0.2) is 59.8 Å². The van der Waals surface area contributed by atoms with E-state index in [9.17, 15) is 9.18 Å². The summed E-state index contributed by atoms with van der Waals surface area (Å²) in [6.45, 7) is 2.50. The number of aromatic nitrogens is 3. The van der Waals surface area contributed by atoms with E-state index in [4.69, 9.17) is 4.74 Å². The van der Waals surface area contributed by atoms with Crippen LogP contribution in [0.2, 0.25) is 0 Å². The number of thioether (sulfide) groups is 1. The van der Waals surface area contributed by atoms with Gasteiger partial charge in [-0.25, -0.2) is 4.39 Å². The highest BCUT2D eigenvalue weighted by Crippen LogP contribution is 2.38. The van der Waals surface area contributed by atoms with E-state index in [2.05, 4.69) is 15.1 Å². The molecule has 1 fully saturated rings. The van der Waals surface area contributed by atoms with E-state index in [1.54, 1.807) is 25.1 Å². The molecule has 1 aliphatic rings. The van der Waals surface area contributed by atoms with Gasteiger partial charge in [-0.2, -0.15) is 0 Å². The lowest BCUT2D eigenvalue weighted by molar-refractivity contribution is -0.128. The van der Waals surface area contributed by atoms with E-state index in [0.717, 1.165) is 5.56 Å². The highest BCUT2D eigenvalue weighted by atomic mass is 32.2. The average molecular weight is 442 g/mol. The first kappa shape index (κ1) is 21.3. The zero-order valence-corrected chi connectivity index (χ0v) is 18.3. The Morgan fingerprint density at radius 2 is 1.84 bits per heavy atom. The molecule has 0 saturated carbocycles. The molecule has 9 heteroatoms. The first-order valence-corrected chi connectivity index (χ1v) is 10.9. The number of nitrogens with zero attached hydrogens (tertiary/aromatic N) is 5. The lowest BCUT2D eigenvalue weighted by atomic mass is 10.1.